The van der Waals surface area contributed by atoms with E-state index in [1.54, 1.807) is 23.3 Å². The Morgan fingerprint density at radius 2 is 2.24 bits per heavy atom. The molecule has 2 heterocycles. The van der Waals surface area contributed by atoms with Crippen LogP contribution in [0.3, 0.4) is 0 Å². The maximum absolute atomic E-state index is 12.5. The molecule has 0 bridgehead atoms. The van der Waals surface area contributed by atoms with Crippen molar-refractivity contribution < 1.29 is 4.79 Å². The SMILES string of the molecule is CC(C)c1ncc(Cl)c(C(=O)N(C)CCc2cccs2)n1. The minimum atomic E-state index is -0.166. The Morgan fingerprint density at radius 3 is 2.86 bits per heavy atom. The summed E-state index contributed by atoms with van der Waals surface area (Å²) in [5, 5.41) is 2.33. The van der Waals surface area contributed by atoms with E-state index in [4.69, 9.17) is 11.6 Å². The summed E-state index contributed by atoms with van der Waals surface area (Å²) in [6.45, 7) is 4.60. The van der Waals surface area contributed by atoms with Gasteiger partial charge in [-0.25, -0.2) is 9.97 Å². The number of hydrogen-bond donors (Lipinski definition) is 0. The third kappa shape index (κ3) is 4.02. The Hall–Kier alpha value is -1.46. The predicted molar refractivity (Wildman–Crippen MR) is 86.1 cm³/mol. The van der Waals surface area contributed by atoms with Gasteiger partial charge in [0.05, 0.1) is 11.2 Å². The van der Waals surface area contributed by atoms with Gasteiger partial charge in [0.25, 0.3) is 5.91 Å². The van der Waals surface area contributed by atoms with Gasteiger partial charge in [-0.3, -0.25) is 4.79 Å². The summed E-state index contributed by atoms with van der Waals surface area (Å²) in [4.78, 5) is 23.8. The van der Waals surface area contributed by atoms with Crippen molar-refractivity contribution in [2.45, 2.75) is 26.2 Å². The van der Waals surface area contributed by atoms with Gasteiger partial charge in [0.15, 0.2) is 5.69 Å². The number of amides is 1. The van der Waals surface area contributed by atoms with Crippen LogP contribution in [-0.2, 0) is 6.42 Å². The average Bonchev–Trinajstić information content (AvgIpc) is 2.97. The van der Waals surface area contributed by atoms with Crippen LogP contribution >= 0.6 is 22.9 Å². The summed E-state index contributed by atoms with van der Waals surface area (Å²) in [5.74, 6) is 0.625. The Morgan fingerprint density at radius 1 is 1.48 bits per heavy atom. The minimum absolute atomic E-state index is 0.158. The van der Waals surface area contributed by atoms with Gasteiger partial charge in [0.1, 0.15) is 5.82 Å². The number of carbonyl (C=O) groups is 1. The van der Waals surface area contributed by atoms with Crippen LogP contribution in [-0.4, -0.2) is 34.4 Å². The van der Waals surface area contributed by atoms with Gasteiger partial charge >= 0.3 is 0 Å². The first-order valence-corrected chi connectivity index (χ1v) is 8.05. The van der Waals surface area contributed by atoms with Crippen LogP contribution in [0, 0.1) is 0 Å². The molecule has 112 valence electrons. The molecule has 0 atom stereocenters. The van der Waals surface area contributed by atoms with Gasteiger partial charge in [-0.15, -0.1) is 11.3 Å². The van der Waals surface area contributed by atoms with Crippen molar-refractivity contribution in [1.29, 1.82) is 0 Å². The summed E-state index contributed by atoms with van der Waals surface area (Å²) in [5.41, 5.74) is 0.282. The molecule has 4 nitrogen and oxygen atoms in total. The molecule has 21 heavy (non-hydrogen) atoms. The normalized spacial score (nSPS) is 10.9. The molecule has 0 aromatic carbocycles. The number of halogens is 1. The van der Waals surface area contributed by atoms with E-state index >= 15 is 0 Å². The van der Waals surface area contributed by atoms with Crippen molar-refractivity contribution in [1.82, 2.24) is 14.9 Å². The zero-order valence-electron chi connectivity index (χ0n) is 12.3. The van der Waals surface area contributed by atoms with Crippen molar-refractivity contribution in [2.24, 2.45) is 0 Å². The molecule has 0 radical (unpaired) electrons. The van der Waals surface area contributed by atoms with Crippen molar-refractivity contribution in [3.05, 3.63) is 45.1 Å². The van der Waals surface area contributed by atoms with Crippen LogP contribution in [0.4, 0.5) is 0 Å². The molecule has 2 aromatic rings. The fourth-order valence-corrected chi connectivity index (χ4v) is 2.69. The molecule has 0 aliphatic carbocycles. The third-order valence-corrected chi connectivity index (χ3v) is 4.31. The molecule has 0 spiro atoms. The maximum atomic E-state index is 12.5. The van der Waals surface area contributed by atoms with Crippen molar-refractivity contribution in [3.63, 3.8) is 0 Å². The Balaban J connectivity index is 2.09. The van der Waals surface area contributed by atoms with Crippen LogP contribution in [0.1, 0.15) is 41.0 Å². The van der Waals surface area contributed by atoms with Crippen LogP contribution in [0.15, 0.2) is 23.7 Å². The number of nitrogens with zero attached hydrogens (tertiary/aromatic N) is 3. The largest absolute Gasteiger partial charge is 0.340 e. The molecule has 0 aliphatic heterocycles. The van der Waals surface area contributed by atoms with Gasteiger partial charge in [0, 0.05) is 24.4 Å². The third-order valence-electron chi connectivity index (χ3n) is 3.10. The first-order valence-electron chi connectivity index (χ1n) is 6.79. The second-order valence-electron chi connectivity index (χ2n) is 5.14. The molecule has 0 fully saturated rings. The predicted octanol–water partition coefficient (Wildman–Crippen LogP) is 3.63. The van der Waals surface area contributed by atoms with Crippen LogP contribution < -0.4 is 0 Å². The summed E-state index contributed by atoms with van der Waals surface area (Å²) in [7, 11) is 1.77. The summed E-state index contributed by atoms with van der Waals surface area (Å²) in [6.07, 6.45) is 2.34. The zero-order chi connectivity index (χ0) is 15.4. The number of hydrogen-bond acceptors (Lipinski definition) is 4. The van der Waals surface area contributed by atoms with Crippen molar-refractivity contribution in [3.8, 4) is 0 Å². The average molecular weight is 324 g/mol. The lowest BCUT2D eigenvalue weighted by Crippen LogP contribution is -2.30. The number of rotatable bonds is 5. The van der Waals surface area contributed by atoms with E-state index in [0.29, 0.717) is 17.4 Å². The highest BCUT2D eigenvalue weighted by Gasteiger charge is 2.19. The molecular formula is C15H18ClN3OS. The second-order valence-corrected chi connectivity index (χ2v) is 6.57. The zero-order valence-corrected chi connectivity index (χ0v) is 13.9. The van der Waals surface area contributed by atoms with Gasteiger partial charge in [-0.05, 0) is 17.9 Å². The van der Waals surface area contributed by atoms with E-state index < -0.39 is 0 Å². The Labute approximate surface area is 133 Å². The quantitative estimate of drug-likeness (QED) is 0.844. The fraction of sp³-hybridized carbons (Fsp3) is 0.400. The smallest absolute Gasteiger partial charge is 0.273 e. The molecule has 2 rings (SSSR count). The standard InChI is InChI=1S/C15H18ClN3OS/c1-10(2)14-17-9-12(16)13(18-14)15(20)19(3)7-6-11-5-4-8-21-11/h4-5,8-10H,6-7H2,1-3H3. The van der Waals surface area contributed by atoms with E-state index in [2.05, 4.69) is 16.0 Å². The van der Waals surface area contributed by atoms with E-state index in [1.165, 1.54) is 11.1 Å². The minimum Gasteiger partial charge on any atom is -0.340 e. The van der Waals surface area contributed by atoms with E-state index in [-0.39, 0.29) is 17.5 Å². The van der Waals surface area contributed by atoms with Crippen molar-refractivity contribution >= 4 is 28.8 Å². The lowest BCUT2D eigenvalue weighted by Gasteiger charge is -2.17. The highest BCUT2D eigenvalue weighted by atomic mass is 35.5. The number of aromatic nitrogens is 2. The maximum Gasteiger partial charge on any atom is 0.273 e. The van der Waals surface area contributed by atoms with Crippen molar-refractivity contribution in [2.75, 3.05) is 13.6 Å². The molecule has 0 saturated carbocycles. The van der Waals surface area contributed by atoms with Gasteiger partial charge in [-0.2, -0.15) is 0 Å². The first kappa shape index (κ1) is 15.9. The van der Waals surface area contributed by atoms with Gasteiger partial charge < -0.3 is 4.90 Å². The topological polar surface area (TPSA) is 46.1 Å². The lowest BCUT2D eigenvalue weighted by atomic mass is 10.2. The Bertz CT molecular complexity index is 613. The lowest BCUT2D eigenvalue weighted by molar-refractivity contribution is 0.0790. The molecule has 0 saturated heterocycles. The van der Waals surface area contributed by atoms with E-state index in [1.807, 2.05) is 25.3 Å². The first-order chi connectivity index (χ1) is 9.99. The second kappa shape index (κ2) is 7.00. The van der Waals surface area contributed by atoms with Crippen LogP contribution in [0.25, 0.3) is 0 Å². The molecule has 0 aliphatic rings. The molecule has 0 unspecified atom stereocenters. The molecule has 1 amide bonds. The highest BCUT2D eigenvalue weighted by Crippen LogP contribution is 2.18. The number of thiophene rings is 1. The summed E-state index contributed by atoms with van der Waals surface area (Å²) < 4.78 is 0. The number of carbonyl (C=O) groups excluding carboxylic acids is 1. The van der Waals surface area contributed by atoms with Gasteiger partial charge in [-0.1, -0.05) is 31.5 Å². The van der Waals surface area contributed by atoms with E-state index in [0.717, 1.165) is 6.42 Å². The van der Waals surface area contributed by atoms with Crippen LogP contribution in [0.2, 0.25) is 5.02 Å². The van der Waals surface area contributed by atoms with Gasteiger partial charge in [0.2, 0.25) is 0 Å². The van der Waals surface area contributed by atoms with E-state index in [9.17, 15) is 4.79 Å². The van der Waals surface area contributed by atoms with Crippen LogP contribution in [0.5, 0.6) is 0 Å². The summed E-state index contributed by atoms with van der Waals surface area (Å²) >= 11 is 7.76. The molecular weight excluding hydrogens is 306 g/mol. The molecule has 2 aromatic heterocycles. The Kier molecular flexibility index (Phi) is 5.31. The fourth-order valence-electron chi connectivity index (χ4n) is 1.82. The summed E-state index contributed by atoms with van der Waals surface area (Å²) in [6, 6.07) is 4.08. The number of likely N-dealkylation sites (N-methyl/N-ethyl adjacent to an activating group) is 1. The molecule has 6 heteroatoms. The molecule has 0 N–H and O–H groups in total. The monoisotopic (exact) mass is 323 g/mol. The highest BCUT2D eigenvalue weighted by molar-refractivity contribution is 7.09.